The summed E-state index contributed by atoms with van der Waals surface area (Å²) in [6.45, 7) is 0.966. The van der Waals surface area contributed by atoms with Gasteiger partial charge in [-0.3, -0.25) is 14.7 Å². The number of anilines is 1. The van der Waals surface area contributed by atoms with Crippen molar-refractivity contribution in [3.05, 3.63) is 59.4 Å². The minimum absolute atomic E-state index is 0.0990. The molecule has 144 valence electrons. The fraction of sp³-hybridized carbons (Fsp3) is 0.250. The second kappa shape index (κ2) is 7.90. The van der Waals surface area contributed by atoms with Gasteiger partial charge in [-0.25, -0.2) is 0 Å². The molecule has 0 bridgehead atoms. The molecule has 3 aromatic rings. The first-order valence-corrected chi connectivity index (χ1v) is 9.43. The number of carbonyl (C=O) groups is 2. The topological polar surface area (TPSA) is 91.2 Å². The van der Waals surface area contributed by atoms with Crippen LogP contribution in [0.4, 0.5) is 5.69 Å². The Kier molecular flexibility index (Phi) is 5.16. The van der Waals surface area contributed by atoms with Gasteiger partial charge in [-0.05, 0) is 49.2 Å². The second-order valence-electron chi connectivity index (χ2n) is 6.73. The molecule has 1 atom stereocenters. The molecule has 1 saturated heterocycles. The van der Waals surface area contributed by atoms with Gasteiger partial charge in [0.2, 0.25) is 5.91 Å². The van der Waals surface area contributed by atoms with E-state index in [1.807, 2.05) is 0 Å². The molecule has 0 radical (unpaired) electrons. The Morgan fingerprint density at radius 1 is 1.25 bits per heavy atom. The molecular weight excluding hydrogens is 380 g/mol. The number of rotatable bonds is 4. The summed E-state index contributed by atoms with van der Waals surface area (Å²) in [5, 5.41) is 10.4. The molecule has 1 unspecified atom stereocenters. The van der Waals surface area contributed by atoms with Crippen molar-refractivity contribution in [2.45, 2.75) is 12.8 Å². The van der Waals surface area contributed by atoms with E-state index in [1.54, 1.807) is 53.6 Å². The van der Waals surface area contributed by atoms with Gasteiger partial charge >= 0.3 is 0 Å². The number of hydrogen-bond acceptors (Lipinski definition) is 4. The van der Waals surface area contributed by atoms with Crippen LogP contribution in [0.2, 0.25) is 5.02 Å². The molecule has 1 fully saturated rings. The van der Waals surface area contributed by atoms with E-state index < -0.39 is 0 Å². The predicted octanol–water partition coefficient (Wildman–Crippen LogP) is 3.81. The van der Waals surface area contributed by atoms with Crippen LogP contribution in [-0.4, -0.2) is 40.0 Å². The molecule has 8 heteroatoms. The highest BCUT2D eigenvalue weighted by molar-refractivity contribution is 6.30. The molecule has 3 heterocycles. The fourth-order valence-electron chi connectivity index (χ4n) is 3.30. The number of nitrogens with zero attached hydrogens (tertiary/aromatic N) is 2. The van der Waals surface area contributed by atoms with Gasteiger partial charge in [-0.1, -0.05) is 11.6 Å². The Labute approximate surface area is 166 Å². The molecule has 0 aliphatic carbocycles. The van der Waals surface area contributed by atoms with Crippen LogP contribution < -0.4 is 5.32 Å². The Morgan fingerprint density at radius 3 is 2.82 bits per heavy atom. The molecule has 0 saturated carbocycles. The number of hydrogen-bond donors (Lipinski definition) is 2. The highest BCUT2D eigenvalue weighted by Crippen LogP contribution is 2.23. The molecule has 1 aliphatic heterocycles. The monoisotopic (exact) mass is 398 g/mol. The molecule has 2 N–H and O–H groups in total. The van der Waals surface area contributed by atoms with Gasteiger partial charge in [0.1, 0.15) is 5.69 Å². The molecule has 0 spiro atoms. The van der Waals surface area contributed by atoms with E-state index >= 15 is 0 Å². The highest BCUT2D eigenvalue weighted by atomic mass is 35.5. The van der Waals surface area contributed by atoms with Crippen LogP contribution >= 0.6 is 11.6 Å². The summed E-state index contributed by atoms with van der Waals surface area (Å²) in [6, 6.07) is 12.2. The van der Waals surface area contributed by atoms with Crippen LogP contribution in [0.1, 0.15) is 23.3 Å². The quantitative estimate of drug-likeness (QED) is 0.699. The lowest BCUT2D eigenvalue weighted by atomic mass is 9.96. The summed E-state index contributed by atoms with van der Waals surface area (Å²) in [6.07, 6.45) is 3.06. The number of amides is 2. The molecule has 7 nitrogen and oxygen atoms in total. The van der Waals surface area contributed by atoms with Crippen LogP contribution in [0.3, 0.4) is 0 Å². The van der Waals surface area contributed by atoms with Crippen LogP contribution in [0.25, 0.3) is 11.5 Å². The van der Waals surface area contributed by atoms with Crippen LogP contribution in [0, 0.1) is 5.92 Å². The maximum absolute atomic E-state index is 12.8. The third-order valence-corrected chi connectivity index (χ3v) is 5.03. The SMILES string of the molecule is O=C(Nc1ccc(Cl)cc1)C1CCCN(C(=O)c2cc(-c3ccco3)[nH]n2)C1. The fourth-order valence-corrected chi connectivity index (χ4v) is 3.43. The highest BCUT2D eigenvalue weighted by Gasteiger charge is 2.30. The zero-order chi connectivity index (χ0) is 19.5. The van der Waals surface area contributed by atoms with Crippen molar-refractivity contribution in [1.82, 2.24) is 15.1 Å². The number of benzene rings is 1. The average Bonchev–Trinajstić information content (AvgIpc) is 3.41. The number of nitrogens with one attached hydrogen (secondary N) is 2. The third kappa shape index (κ3) is 3.94. The Morgan fingerprint density at radius 2 is 2.07 bits per heavy atom. The van der Waals surface area contributed by atoms with Crippen molar-refractivity contribution >= 4 is 29.1 Å². The number of halogens is 1. The van der Waals surface area contributed by atoms with Crippen molar-refractivity contribution in [2.24, 2.45) is 5.92 Å². The van der Waals surface area contributed by atoms with E-state index in [1.165, 1.54) is 0 Å². The first kappa shape index (κ1) is 18.3. The second-order valence-corrected chi connectivity index (χ2v) is 7.17. The molecule has 1 aliphatic rings. The van der Waals surface area contributed by atoms with Gasteiger partial charge in [-0.15, -0.1) is 0 Å². The van der Waals surface area contributed by atoms with Gasteiger partial charge in [-0.2, -0.15) is 5.10 Å². The van der Waals surface area contributed by atoms with E-state index in [4.69, 9.17) is 16.0 Å². The van der Waals surface area contributed by atoms with Crippen molar-refractivity contribution in [3.8, 4) is 11.5 Å². The number of likely N-dealkylation sites (tertiary alicyclic amines) is 1. The molecule has 1 aromatic carbocycles. The summed E-state index contributed by atoms with van der Waals surface area (Å²) in [5.41, 5.74) is 1.64. The van der Waals surface area contributed by atoms with Gasteiger partial charge in [0, 0.05) is 29.9 Å². The van der Waals surface area contributed by atoms with Gasteiger partial charge < -0.3 is 14.6 Å². The minimum Gasteiger partial charge on any atom is -0.463 e. The zero-order valence-electron chi connectivity index (χ0n) is 15.0. The molecular formula is C20H19ClN4O3. The summed E-state index contributed by atoms with van der Waals surface area (Å²) < 4.78 is 5.31. The Bertz CT molecular complexity index is 966. The zero-order valence-corrected chi connectivity index (χ0v) is 15.8. The van der Waals surface area contributed by atoms with E-state index in [9.17, 15) is 9.59 Å². The third-order valence-electron chi connectivity index (χ3n) is 4.77. The molecule has 2 amide bonds. The molecule has 28 heavy (non-hydrogen) atoms. The van der Waals surface area contributed by atoms with Gasteiger partial charge in [0.05, 0.1) is 12.2 Å². The number of aromatic nitrogens is 2. The van der Waals surface area contributed by atoms with Crippen LogP contribution in [0.5, 0.6) is 0 Å². The first-order chi connectivity index (χ1) is 13.6. The van der Waals surface area contributed by atoms with Crippen molar-refractivity contribution in [1.29, 1.82) is 0 Å². The average molecular weight is 399 g/mol. The van der Waals surface area contributed by atoms with Crippen molar-refractivity contribution in [2.75, 3.05) is 18.4 Å². The Hall–Kier alpha value is -3.06. The van der Waals surface area contributed by atoms with Gasteiger partial charge in [0.25, 0.3) is 5.91 Å². The first-order valence-electron chi connectivity index (χ1n) is 9.05. The summed E-state index contributed by atoms with van der Waals surface area (Å²) >= 11 is 5.87. The van der Waals surface area contributed by atoms with E-state index in [0.717, 1.165) is 12.8 Å². The normalized spacial score (nSPS) is 16.8. The molecule has 2 aromatic heterocycles. The van der Waals surface area contributed by atoms with Crippen molar-refractivity contribution in [3.63, 3.8) is 0 Å². The van der Waals surface area contributed by atoms with E-state index in [2.05, 4.69) is 15.5 Å². The van der Waals surface area contributed by atoms with E-state index in [0.29, 0.717) is 40.9 Å². The van der Waals surface area contributed by atoms with Gasteiger partial charge in [0.15, 0.2) is 11.5 Å². The lowest BCUT2D eigenvalue weighted by molar-refractivity contribution is -0.121. The number of H-pyrrole nitrogens is 1. The van der Waals surface area contributed by atoms with E-state index in [-0.39, 0.29) is 17.7 Å². The summed E-state index contributed by atoms with van der Waals surface area (Å²) in [7, 11) is 0. The molecule has 4 rings (SSSR count). The number of piperidine rings is 1. The Balaban J connectivity index is 1.41. The lowest BCUT2D eigenvalue weighted by Crippen LogP contribution is -2.43. The maximum Gasteiger partial charge on any atom is 0.274 e. The smallest absolute Gasteiger partial charge is 0.274 e. The maximum atomic E-state index is 12.8. The summed E-state index contributed by atoms with van der Waals surface area (Å²) in [4.78, 5) is 27.1. The minimum atomic E-state index is -0.267. The predicted molar refractivity (Wildman–Crippen MR) is 105 cm³/mol. The summed E-state index contributed by atoms with van der Waals surface area (Å²) in [5.74, 6) is 0.0541. The number of aromatic amines is 1. The standard InChI is InChI=1S/C20H19ClN4O3/c21-14-5-7-15(8-6-14)22-19(26)13-3-1-9-25(12-13)20(27)17-11-16(23-24-17)18-4-2-10-28-18/h2,4-8,10-11,13H,1,3,9,12H2,(H,22,26)(H,23,24). The van der Waals surface area contributed by atoms with Crippen molar-refractivity contribution < 1.29 is 14.0 Å². The number of furan rings is 1. The largest absolute Gasteiger partial charge is 0.463 e. The number of carbonyl (C=O) groups excluding carboxylic acids is 2. The van der Waals surface area contributed by atoms with Crippen LogP contribution in [-0.2, 0) is 4.79 Å². The lowest BCUT2D eigenvalue weighted by Gasteiger charge is -2.31. The van der Waals surface area contributed by atoms with Crippen LogP contribution in [0.15, 0.2) is 53.1 Å².